The van der Waals surface area contributed by atoms with E-state index in [2.05, 4.69) is 18.2 Å². The topological polar surface area (TPSA) is 117 Å². The van der Waals surface area contributed by atoms with Crippen molar-refractivity contribution in [1.82, 2.24) is 14.3 Å². The normalized spacial score (nSPS) is 16.2. The third-order valence-electron chi connectivity index (χ3n) is 10.5. The van der Waals surface area contributed by atoms with Crippen LogP contribution in [0.25, 0.3) is 32.8 Å². The third-order valence-corrected chi connectivity index (χ3v) is 10.5. The van der Waals surface area contributed by atoms with E-state index in [0.29, 0.717) is 76.7 Å². The Morgan fingerprint density at radius 2 is 1.68 bits per heavy atom. The zero-order valence-electron chi connectivity index (χ0n) is 29.8. The molecular weight excluding hydrogens is 670 g/mol. The summed E-state index contributed by atoms with van der Waals surface area (Å²) in [6, 6.07) is 27.8. The van der Waals surface area contributed by atoms with E-state index in [1.54, 1.807) is 0 Å². The number of ether oxygens (including phenoxy) is 4. The first-order valence-corrected chi connectivity index (χ1v) is 18.2. The molecule has 2 aromatic heterocycles. The maximum Gasteiger partial charge on any atom is 0.352 e. The number of fused-ring (bicyclic) bond motifs is 3. The molecule has 272 valence electrons. The van der Waals surface area contributed by atoms with Crippen molar-refractivity contribution in [3.8, 4) is 22.6 Å². The summed E-state index contributed by atoms with van der Waals surface area (Å²) in [4.78, 5) is 13.1. The highest BCUT2D eigenvalue weighted by atomic mass is 16.5. The van der Waals surface area contributed by atoms with Crippen molar-refractivity contribution in [2.75, 3.05) is 26.4 Å². The number of benzene rings is 4. The van der Waals surface area contributed by atoms with Crippen molar-refractivity contribution < 1.29 is 34.0 Å². The van der Waals surface area contributed by atoms with Crippen molar-refractivity contribution in [1.29, 1.82) is 0 Å². The molecule has 2 N–H and O–H groups in total. The van der Waals surface area contributed by atoms with Crippen LogP contribution < -0.4 is 9.47 Å². The number of aliphatic hydroxyl groups is 1. The largest absolute Gasteiger partial charge is 0.493 e. The predicted molar refractivity (Wildman–Crippen MR) is 202 cm³/mol. The molecule has 2 aliphatic heterocycles. The molecule has 8 rings (SSSR count). The van der Waals surface area contributed by atoms with Gasteiger partial charge in [-0.1, -0.05) is 78.9 Å². The van der Waals surface area contributed by atoms with Gasteiger partial charge in [-0.3, -0.25) is 4.68 Å². The second-order valence-electron chi connectivity index (χ2n) is 13.7. The molecule has 4 heterocycles. The fraction of sp³-hybridized carbons (Fsp3) is 0.302. The molecule has 4 aromatic carbocycles. The van der Waals surface area contributed by atoms with Crippen LogP contribution >= 0.6 is 0 Å². The molecule has 0 saturated carbocycles. The quantitative estimate of drug-likeness (QED) is 0.110. The lowest BCUT2D eigenvalue weighted by Crippen LogP contribution is -2.33. The van der Waals surface area contributed by atoms with Gasteiger partial charge in [-0.2, -0.15) is 5.10 Å². The summed E-state index contributed by atoms with van der Waals surface area (Å²) in [6.07, 6.45) is 6.18. The Bertz CT molecular complexity index is 2290. The van der Waals surface area contributed by atoms with Gasteiger partial charge in [0.2, 0.25) is 0 Å². The molecule has 1 saturated heterocycles. The van der Waals surface area contributed by atoms with Gasteiger partial charge in [0.15, 0.2) is 0 Å². The molecule has 6 aromatic rings. The second kappa shape index (κ2) is 14.9. The Balaban J connectivity index is 1.12. The Morgan fingerprint density at radius 3 is 2.51 bits per heavy atom. The summed E-state index contributed by atoms with van der Waals surface area (Å²) in [5.74, 6) is 0.503. The van der Waals surface area contributed by atoms with E-state index >= 15 is 0 Å². The monoisotopic (exact) mass is 713 g/mol. The van der Waals surface area contributed by atoms with Crippen molar-refractivity contribution >= 4 is 27.6 Å². The third kappa shape index (κ3) is 6.81. The van der Waals surface area contributed by atoms with Crippen LogP contribution in [0.5, 0.6) is 11.5 Å². The smallest absolute Gasteiger partial charge is 0.352 e. The first-order chi connectivity index (χ1) is 25.9. The number of carboxylic acid groups (broad SMARTS) is 1. The van der Waals surface area contributed by atoms with Crippen LogP contribution in [-0.4, -0.2) is 57.0 Å². The van der Waals surface area contributed by atoms with E-state index in [-0.39, 0.29) is 12.3 Å². The van der Waals surface area contributed by atoms with E-state index in [1.165, 1.54) is 0 Å². The zero-order valence-corrected chi connectivity index (χ0v) is 29.8. The molecule has 0 aliphatic carbocycles. The number of rotatable bonds is 10. The molecule has 2 aliphatic rings. The van der Waals surface area contributed by atoms with Crippen LogP contribution in [0.2, 0.25) is 0 Å². The maximum atomic E-state index is 13.1. The van der Waals surface area contributed by atoms with Crippen LogP contribution in [0.15, 0.2) is 97.1 Å². The fourth-order valence-corrected chi connectivity index (χ4v) is 7.79. The van der Waals surface area contributed by atoms with Crippen molar-refractivity contribution in [2.45, 2.75) is 51.0 Å². The molecule has 10 nitrogen and oxygen atoms in total. The molecule has 0 spiro atoms. The van der Waals surface area contributed by atoms with Gasteiger partial charge in [0.05, 0.1) is 36.6 Å². The van der Waals surface area contributed by atoms with Gasteiger partial charge in [0.1, 0.15) is 29.5 Å². The lowest BCUT2D eigenvalue weighted by atomic mass is 9.86. The highest BCUT2D eigenvalue weighted by molar-refractivity contribution is 6.04. The number of aromatic carboxylic acids is 1. The fourth-order valence-electron chi connectivity index (χ4n) is 7.79. The molecule has 0 atom stereocenters. The number of hydrogen-bond acceptors (Lipinski definition) is 7. The van der Waals surface area contributed by atoms with Crippen LogP contribution in [0.4, 0.5) is 0 Å². The van der Waals surface area contributed by atoms with Crippen LogP contribution in [-0.2, 0) is 48.3 Å². The molecule has 0 amide bonds. The van der Waals surface area contributed by atoms with E-state index in [0.717, 1.165) is 55.4 Å². The molecule has 0 bridgehead atoms. The number of allylic oxidation sites excluding steroid dienone is 1. The van der Waals surface area contributed by atoms with Crippen LogP contribution in [0, 0.1) is 0 Å². The standard InChI is InChI=1S/C43H43N3O7/c1-45-37-28-51-23-5-4-22-46-40-33(34(41(46)42(47)48)14-8-24-52-38-15-6-10-29-9-2-3-11-32(29)38)12-7-13-35(40)39(37)36(44-45)27-53-31-18-16-30(17-19-31)43(49)20-25-50-26-21-43/h2-7,9-13,15-19,49H,8,14,20-28H2,1H3,(H,47,48)/b5-4-. The maximum absolute atomic E-state index is 13.1. The van der Waals surface area contributed by atoms with E-state index in [9.17, 15) is 15.0 Å². The molecule has 0 unspecified atom stereocenters. The summed E-state index contributed by atoms with van der Waals surface area (Å²) < 4.78 is 27.9. The van der Waals surface area contributed by atoms with Crippen molar-refractivity contribution in [3.63, 3.8) is 0 Å². The number of carbonyl (C=O) groups is 1. The van der Waals surface area contributed by atoms with E-state index in [4.69, 9.17) is 24.0 Å². The molecule has 10 heteroatoms. The van der Waals surface area contributed by atoms with Gasteiger partial charge in [-0.25, -0.2) is 4.79 Å². The predicted octanol–water partition coefficient (Wildman–Crippen LogP) is 7.57. The highest BCUT2D eigenvalue weighted by Crippen LogP contribution is 2.40. The molecule has 0 radical (unpaired) electrons. The summed E-state index contributed by atoms with van der Waals surface area (Å²) in [6.45, 7) is 2.76. The number of nitrogens with zero attached hydrogens (tertiary/aromatic N) is 3. The van der Waals surface area contributed by atoms with Gasteiger partial charge in [0.25, 0.3) is 0 Å². The lowest BCUT2D eigenvalue weighted by Gasteiger charge is -2.32. The summed E-state index contributed by atoms with van der Waals surface area (Å²) in [7, 11) is 1.90. The average Bonchev–Trinajstić information content (AvgIpc) is 3.66. The number of aromatic nitrogens is 3. The number of aryl methyl sites for hydroxylation is 2. The van der Waals surface area contributed by atoms with Gasteiger partial charge in [-0.05, 0) is 47.6 Å². The first-order valence-electron chi connectivity index (χ1n) is 18.2. The summed E-state index contributed by atoms with van der Waals surface area (Å²) in [5, 5.41) is 29.8. The van der Waals surface area contributed by atoms with Crippen molar-refractivity contribution in [2.24, 2.45) is 7.05 Å². The summed E-state index contributed by atoms with van der Waals surface area (Å²) >= 11 is 0. The Morgan fingerprint density at radius 1 is 0.906 bits per heavy atom. The summed E-state index contributed by atoms with van der Waals surface area (Å²) in [5.41, 5.74) is 5.18. The minimum atomic E-state index is -0.972. The SMILES string of the molecule is Cn1nc(COc2ccc(C3(O)CCOCC3)cc2)c2c1COC/C=C\Cn1c(C(=O)O)c(CCCOc3cccc4ccccc34)c3cccc-2c31. The van der Waals surface area contributed by atoms with Crippen LogP contribution in [0.3, 0.4) is 0 Å². The van der Waals surface area contributed by atoms with Gasteiger partial charge >= 0.3 is 5.97 Å². The highest BCUT2D eigenvalue weighted by Gasteiger charge is 2.32. The lowest BCUT2D eigenvalue weighted by molar-refractivity contribution is -0.0679. The van der Waals surface area contributed by atoms with Gasteiger partial charge in [-0.15, -0.1) is 0 Å². The Hall–Kier alpha value is -5.42. The minimum absolute atomic E-state index is 0.181. The Kier molecular flexibility index (Phi) is 9.74. The second-order valence-corrected chi connectivity index (χ2v) is 13.7. The number of carboxylic acids is 1. The molecule has 1 fully saturated rings. The van der Waals surface area contributed by atoms with E-state index in [1.807, 2.05) is 95.2 Å². The van der Waals surface area contributed by atoms with E-state index < -0.39 is 11.6 Å². The minimum Gasteiger partial charge on any atom is -0.493 e. The van der Waals surface area contributed by atoms with Gasteiger partial charge < -0.3 is 33.7 Å². The average molecular weight is 714 g/mol. The van der Waals surface area contributed by atoms with Crippen molar-refractivity contribution in [3.05, 3.63) is 125 Å². The Labute approximate surface area is 307 Å². The molecule has 53 heavy (non-hydrogen) atoms. The molecular formula is C43H43N3O7. The van der Waals surface area contributed by atoms with Crippen LogP contribution in [0.1, 0.15) is 52.3 Å². The van der Waals surface area contributed by atoms with Gasteiger partial charge in [0, 0.05) is 61.5 Å². The zero-order chi connectivity index (χ0) is 36.4. The number of para-hydroxylation sites is 1. The first kappa shape index (κ1) is 34.7. The number of hydrogen-bond donors (Lipinski definition) is 2.